The summed E-state index contributed by atoms with van der Waals surface area (Å²) in [7, 11) is 1.96. The van der Waals surface area contributed by atoms with Crippen molar-refractivity contribution in [3.63, 3.8) is 0 Å². The maximum atomic E-state index is 3.52. The first-order valence-corrected chi connectivity index (χ1v) is 4.95. The summed E-state index contributed by atoms with van der Waals surface area (Å²) in [4.78, 5) is 0. The lowest BCUT2D eigenvalue weighted by atomic mass is 10.3. The zero-order chi connectivity index (χ0) is 9.14. The Morgan fingerprint density at radius 1 is 1.58 bits per heavy atom. The number of rotatable bonds is 3. The van der Waals surface area contributed by atoms with E-state index < -0.39 is 0 Å². The molecule has 3 heteroatoms. The van der Waals surface area contributed by atoms with E-state index in [2.05, 4.69) is 51.9 Å². The Morgan fingerprint density at radius 2 is 2.25 bits per heavy atom. The molecule has 0 radical (unpaired) electrons. The Hall–Kier alpha value is -0.280. The van der Waals surface area contributed by atoms with E-state index in [1.54, 1.807) is 0 Å². The van der Waals surface area contributed by atoms with Gasteiger partial charge >= 0.3 is 0 Å². The monoisotopic (exact) mass is 230 g/mol. The summed E-state index contributed by atoms with van der Waals surface area (Å²) in [5, 5.41) is 3.13. The molecule has 1 N–H and O–H groups in total. The molecule has 1 rings (SSSR count). The largest absolute Gasteiger partial charge is 0.340 e. The lowest BCUT2D eigenvalue weighted by Crippen LogP contribution is -2.04. The molecule has 0 bridgehead atoms. The second-order valence-corrected chi connectivity index (χ2v) is 4.01. The average Bonchev–Trinajstić information content (AvgIpc) is 2.32. The molecule has 0 saturated heterocycles. The van der Waals surface area contributed by atoms with Crippen LogP contribution in [0, 0.1) is 0 Å². The second kappa shape index (κ2) is 4.10. The van der Waals surface area contributed by atoms with Crippen molar-refractivity contribution < 1.29 is 0 Å². The standard InChI is InChI=1S/C9H15BrN2/c1-7(2)12-6-8(5-11-3)4-9(12)10/h4,6-7,11H,5H2,1-3H3. The number of hydrogen-bond acceptors (Lipinski definition) is 1. The van der Waals surface area contributed by atoms with Crippen LogP contribution in [-0.4, -0.2) is 11.6 Å². The molecule has 0 atom stereocenters. The third-order valence-corrected chi connectivity index (χ3v) is 2.43. The summed E-state index contributed by atoms with van der Waals surface area (Å²) in [5.41, 5.74) is 1.32. The summed E-state index contributed by atoms with van der Waals surface area (Å²) in [6.07, 6.45) is 2.17. The Labute approximate surface area is 82.1 Å². The molecule has 0 spiro atoms. The summed E-state index contributed by atoms with van der Waals surface area (Å²) in [6.45, 7) is 5.28. The molecule has 0 fully saturated rings. The smallest absolute Gasteiger partial charge is 0.0852 e. The molecular formula is C9H15BrN2. The van der Waals surface area contributed by atoms with Gasteiger partial charge in [-0.2, -0.15) is 0 Å². The number of halogens is 1. The molecule has 0 aliphatic heterocycles. The molecule has 1 heterocycles. The van der Waals surface area contributed by atoms with Crippen LogP contribution in [0.2, 0.25) is 0 Å². The normalized spacial score (nSPS) is 11.1. The van der Waals surface area contributed by atoms with Gasteiger partial charge in [-0.15, -0.1) is 0 Å². The van der Waals surface area contributed by atoms with Crippen molar-refractivity contribution >= 4 is 15.9 Å². The van der Waals surface area contributed by atoms with Gasteiger partial charge in [0.15, 0.2) is 0 Å². The van der Waals surface area contributed by atoms with E-state index in [0.29, 0.717) is 6.04 Å². The first-order chi connectivity index (χ1) is 5.65. The summed E-state index contributed by atoms with van der Waals surface area (Å²) >= 11 is 3.52. The van der Waals surface area contributed by atoms with Crippen LogP contribution in [0.4, 0.5) is 0 Å². The van der Waals surface area contributed by atoms with Gasteiger partial charge in [0.25, 0.3) is 0 Å². The Bertz CT molecular complexity index is 253. The molecule has 0 aromatic carbocycles. The molecule has 0 aliphatic carbocycles. The van der Waals surface area contributed by atoms with Crippen LogP contribution >= 0.6 is 15.9 Å². The number of nitrogens with zero attached hydrogens (tertiary/aromatic N) is 1. The van der Waals surface area contributed by atoms with Crippen LogP contribution in [0.25, 0.3) is 0 Å². The minimum absolute atomic E-state index is 0.519. The quantitative estimate of drug-likeness (QED) is 0.845. The molecule has 0 aliphatic rings. The van der Waals surface area contributed by atoms with Crippen molar-refractivity contribution in [3.05, 3.63) is 22.4 Å². The van der Waals surface area contributed by atoms with Gasteiger partial charge in [0.2, 0.25) is 0 Å². The topological polar surface area (TPSA) is 17.0 Å². The Balaban J connectivity index is 2.85. The Kier molecular flexibility index (Phi) is 3.35. The van der Waals surface area contributed by atoms with Gasteiger partial charge in [0.05, 0.1) is 4.60 Å². The minimum Gasteiger partial charge on any atom is -0.340 e. The number of hydrogen-bond donors (Lipinski definition) is 1. The van der Waals surface area contributed by atoms with Gasteiger partial charge in [0, 0.05) is 18.8 Å². The molecule has 0 unspecified atom stereocenters. The highest BCUT2D eigenvalue weighted by atomic mass is 79.9. The summed E-state index contributed by atoms with van der Waals surface area (Å²) < 4.78 is 3.37. The van der Waals surface area contributed by atoms with Crippen LogP contribution in [0.15, 0.2) is 16.9 Å². The van der Waals surface area contributed by atoms with Crippen molar-refractivity contribution in [2.24, 2.45) is 0 Å². The zero-order valence-corrected chi connectivity index (χ0v) is 9.35. The predicted molar refractivity (Wildman–Crippen MR) is 55.3 cm³/mol. The van der Waals surface area contributed by atoms with E-state index in [9.17, 15) is 0 Å². The number of nitrogens with one attached hydrogen (secondary N) is 1. The fourth-order valence-corrected chi connectivity index (χ4v) is 2.01. The molecule has 1 aromatic heterocycles. The minimum atomic E-state index is 0.519. The van der Waals surface area contributed by atoms with Crippen molar-refractivity contribution in [2.45, 2.75) is 26.4 Å². The van der Waals surface area contributed by atoms with Crippen molar-refractivity contribution in [3.8, 4) is 0 Å². The first-order valence-electron chi connectivity index (χ1n) is 4.16. The predicted octanol–water partition coefficient (Wildman–Crippen LogP) is 2.55. The fraction of sp³-hybridized carbons (Fsp3) is 0.556. The van der Waals surface area contributed by atoms with E-state index in [4.69, 9.17) is 0 Å². The third kappa shape index (κ3) is 2.11. The van der Waals surface area contributed by atoms with Crippen LogP contribution in [0.5, 0.6) is 0 Å². The van der Waals surface area contributed by atoms with E-state index >= 15 is 0 Å². The second-order valence-electron chi connectivity index (χ2n) is 3.20. The molecule has 1 aromatic rings. The van der Waals surface area contributed by atoms with Crippen LogP contribution in [0.3, 0.4) is 0 Å². The molecular weight excluding hydrogens is 216 g/mol. The Morgan fingerprint density at radius 3 is 2.67 bits per heavy atom. The lowest BCUT2D eigenvalue weighted by Gasteiger charge is -2.07. The average molecular weight is 231 g/mol. The number of aromatic nitrogens is 1. The lowest BCUT2D eigenvalue weighted by molar-refractivity contribution is 0.591. The summed E-state index contributed by atoms with van der Waals surface area (Å²) in [5.74, 6) is 0. The molecule has 2 nitrogen and oxygen atoms in total. The van der Waals surface area contributed by atoms with Gasteiger partial charge < -0.3 is 9.88 Å². The van der Waals surface area contributed by atoms with E-state index in [0.717, 1.165) is 11.1 Å². The zero-order valence-electron chi connectivity index (χ0n) is 7.76. The third-order valence-electron chi connectivity index (χ3n) is 1.79. The molecule has 68 valence electrons. The molecule has 12 heavy (non-hydrogen) atoms. The van der Waals surface area contributed by atoms with Gasteiger partial charge in [-0.05, 0) is 48.5 Å². The fourth-order valence-electron chi connectivity index (χ4n) is 1.20. The van der Waals surface area contributed by atoms with Crippen LogP contribution in [0.1, 0.15) is 25.5 Å². The highest BCUT2D eigenvalue weighted by Gasteiger charge is 2.04. The highest BCUT2D eigenvalue weighted by Crippen LogP contribution is 2.19. The van der Waals surface area contributed by atoms with Crippen molar-refractivity contribution in [1.29, 1.82) is 0 Å². The SMILES string of the molecule is CNCc1cc(Br)n(C(C)C)c1. The molecule has 0 amide bonds. The van der Waals surface area contributed by atoms with E-state index in [-0.39, 0.29) is 0 Å². The first kappa shape index (κ1) is 9.81. The summed E-state index contributed by atoms with van der Waals surface area (Å²) in [6, 6.07) is 2.67. The van der Waals surface area contributed by atoms with E-state index in [1.165, 1.54) is 5.56 Å². The molecule has 0 saturated carbocycles. The van der Waals surface area contributed by atoms with Crippen LogP contribution < -0.4 is 5.32 Å². The van der Waals surface area contributed by atoms with Gasteiger partial charge in [-0.3, -0.25) is 0 Å². The van der Waals surface area contributed by atoms with Crippen LogP contribution in [-0.2, 0) is 6.54 Å². The highest BCUT2D eigenvalue weighted by molar-refractivity contribution is 9.10. The van der Waals surface area contributed by atoms with Gasteiger partial charge in [-0.25, -0.2) is 0 Å². The van der Waals surface area contributed by atoms with Crippen molar-refractivity contribution in [2.75, 3.05) is 7.05 Å². The van der Waals surface area contributed by atoms with Gasteiger partial charge in [0.1, 0.15) is 0 Å². The maximum absolute atomic E-state index is 3.52. The van der Waals surface area contributed by atoms with E-state index in [1.807, 2.05) is 7.05 Å². The van der Waals surface area contributed by atoms with Crippen molar-refractivity contribution in [1.82, 2.24) is 9.88 Å². The van der Waals surface area contributed by atoms with Gasteiger partial charge in [-0.1, -0.05) is 0 Å². The maximum Gasteiger partial charge on any atom is 0.0852 e.